The van der Waals surface area contributed by atoms with Crippen LogP contribution in [0.1, 0.15) is 10.4 Å². The van der Waals surface area contributed by atoms with Gasteiger partial charge in [0.2, 0.25) is 0 Å². The van der Waals surface area contributed by atoms with E-state index in [1.54, 1.807) is 18.2 Å². The molecule has 1 heterocycles. The summed E-state index contributed by atoms with van der Waals surface area (Å²) in [4.78, 5) is 16.0. The van der Waals surface area contributed by atoms with Gasteiger partial charge >= 0.3 is 0 Å². The summed E-state index contributed by atoms with van der Waals surface area (Å²) in [7, 11) is 1.37. The first-order chi connectivity index (χ1) is 12.0. The number of quaternary nitrogens is 1. The first kappa shape index (κ1) is 17.3. The van der Waals surface area contributed by atoms with Crippen molar-refractivity contribution in [2.24, 2.45) is 0 Å². The molecule has 1 N–H and O–H groups in total. The maximum Gasteiger partial charge on any atom is 0.257 e. The number of carbonyl (C=O) groups excluding carboxylic acids is 1. The number of nitrogens with one attached hydrogen (secondary N) is 1. The van der Waals surface area contributed by atoms with E-state index in [0.717, 1.165) is 6.07 Å². The monoisotopic (exact) mass is 347 g/mol. The summed E-state index contributed by atoms with van der Waals surface area (Å²) in [5, 5.41) is 11.2. The van der Waals surface area contributed by atoms with E-state index in [4.69, 9.17) is 0 Å². The van der Waals surface area contributed by atoms with E-state index in [1.165, 1.54) is 30.1 Å². The van der Waals surface area contributed by atoms with Crippen molar-refractivity contribution in [3.05, 3.63) is 64.9 Å². The van der Waals surface area contributed by atoms with Crippen LogP contribution in [0.4, 0.5) is 20.2 Å². The molecule has 1 unspecified atom stereocenters. The average molecular weight is 347 g/mol. The van der Waals surface area contributed by atoms with E-state index in [0.29, 0.717) is 37.6 Å². The Morgan fingerprint density at radius 3 is 2.36 bits per heavy atom. The second-order valence-electron chi connectivity index (χ2n) is 5.98. The first-order valence-electron chi connectivity index (χ1n) is 8.06. The van der Waals surface area contributed by atoms with Gasteiger partial charge < -0.3 is 20.1 Å². The molecular formula is C18H19F2N3O2. The largest absolute Gasteiger partial charge is 0.629 e. The molecule has 3 rings (SSSR count). The lowest BCUT2D eigenvalue weighted by Gasteiger charge is -2.36. The Kier molecular flexibility index (Phi) is 4.96. The van der Waals surface area contributed by atoms with Crippen LogP contribution in [-0.4, -0.2) is 44.0 Å². The second-order valence-corrected chi connectivity index (χ2v) is 5.98. The Morgan fingerprint density at radius 1 is 1.04 bits per heavy atom. The molecular weight excluding hydrogens is 328 g/mol. The van der Waals surface area contributed by atoms with Crippen molar-refractivity contribution in [3.8, 4) is 0 Å². The van der Waals surface area contributed by atoms with Crippen molar-refractivity contribution in [1.82, 2.24) is 4.90 Å². The third-order valence-corrected chi connectivity index (χ3v) is 4.36. The number of anilines is 1. The minimum atomic E-state index is -0.647. The number of hydroxylamine groups is 1. The van der Waals surface area contributed by atoms with E-state index in [9.17, 15) is 18.8 Å². The van der Waals surface area contributed by atoms with Crippen LogP contribution in [-0.2, 0) is 0 Å². The van der Waals surface area contributed by atoms with Gasteiger partial charge in [0.1, 0.15) is 17.3 Å². The third kappa shape index (κ3) is 3.62. The maximum absolute atomic E-state index is 14.0. The number of halogens is 2. The van der Waals surface area contributed by atoms with Gasteiger partial charge in [-0.25, -0.2) is 8.78 Å². The summed E-state index contributed by atoms with van der Waals surface area (Å²) in [6.07, 6.45) is 0. The highest BCUT2D eigenvalue weighted by Crippen LogP contribution is 2.21. The van der Waals surface area contributed by atoms with Gasteiger partial charge in [-0.1, -0.05) is 12.1 Å². The van der Waals surface area contributed by atoms with Gasteiger partial charge in [-0.05, 0) is 18.2 Å². The lowest BCUT2D eigenvalue weighted by atomic mass is 10.1. The molecule has 0 spiro atoms. The standard InChI is InChI=1S/C18H19F2N3O2/c1-21(25)13-6-7-15(19)14(12-13)18(24)23-10-8-22(9-11-23)17-5-3-2-4-16(17)20/h2-7,12,21H,8-11H2,1H3. The van der Waals surface area contributed by atoms with Crippen LogP contribution < -0.4 is 9.96 Å². The SMILES string of the molecule is C[NH+]([O-])c1ccc(F)c(C(=O)N2CCN(c3ccccc3F)CC2)c1. The van der Waals surface area contributed by atoms with Gasteiger partial charge in [-0.2, -0.15) is 0 Å². The molecule has 0 saturated carbocycles. The molecule has 1 fully saturated rings. The molecule has 1 atom stereocenters. The molecule has 2 aromatic carbocycles. The van der Waals surface area contributed by atoms with E-state index in [1.807, 2.05) is 4.90 Å². The number of nitrogens with zero attached hydrogens (tertiary/aromatic N) is 2. The van der Waals surface area contributed by atoms with Crippen LogP contribution in [0.15, 0.2) is 42.5 Å². The number of piperazine rings is 1. The van der Waals surface area contributed by atoms with Gasteiger partial charge in [0.15, 0.2) is 0 Å². The van der Waals surface area contributed by atoms with Gasteiger partial charge in [-0.3, -0.25) is 4.79 Å². The van der Waals surface area contributed by atoms with Crippen LogP contribution in [0, 0.1) is 16.8 Å². The third-order valence-electron chi connectivity index (χ3n) is 4.36. The molecule has 132 valence electrons. The summed E-state index contributed by atoms with van der Waals surface area (Å²) in [6, 6.07) is 10.3. The van der Waals surface area contributed by atoms with Crippen molar-refractivity contribution in [1.29, 1.82) is 0 Å². The van der Waals surface area contributed by atoms with Gasteiger partial charge in [-0.15, -0.1) is 0 Å². The normalized spacial score (nSPS) is 16.0. The average Bonchev–Trinajstić information content (AvgIpc) is 2.62. The molecule has 1 aliphatic heterocycles. The first-order valence-corrected chi connectivity index (χ1v) is 8.06. The number of rotatable bonds is 3. The molecule has 1 aliphatic rings. The fraction of sp³-hybridized carbons (Fsp3) is 0.278. The molecule has 5 nitrogen and oxygen atoms in total. The van der Waals surface area contributed by atoms with Crippen molar-refractivity contribution < 1.29 is 18.6 Å². The van der Waals surface area contributed by atoms with Crippen molar-refractivity contribution >= 4 is 17.3 Å². The molecule has 1 saturated heterocycles. The van der Waals surface area contributed by atoms with Crippen LogP contribution in [0.25, 0.3) is 0 Å². The van der Waals surface area contributed by atoms with Gasteiger partial charge in [0.05, 0.1) is 18.3 Å². The van der Waals surface area contributed by atoms with Gasteiger partial charge in [0.25, 0.3) is 5.91 Å². The zero-order chi connectivity index (χ0) is 18.0. The smallest absolute Gasteiger partial charge is 0.257 e. The van der Waals surface area contributed by atoms with Crippen LogP contribution in [0.5, 0.6) is 0 Å². The Labute approximate surface area is 144 Å². The van der Waals surface area contributed by atoms with Gasteiger partial charge in [0, 0.05) is 38.3 Å². The fourth-order valence-electron chi connectivity index (χ4n) is 2.94. The highest BCUT2D eigenvalue weighted by molar-refractivity contribution is 5.95. The van der Waals surface area contributed by atoms with E-state index in [-0.39, 0.29) is 16.4 Å². The number of carbonyl (C=O) groups is 1. The number of hydrogen-bond acceptors (Lipinski definition) is 3. The second kappa shape index (κ2) is 7.16. The predicted molar refractivity (Wildman–Crippen MR) is 90.8 cm³/mol. The highest BCUT2D eigenvalue weighted by atomic mass is 19.1. The molecule has 0 aliphatic carbocycles. The lowest BCUT2D eigenvalue weighted by Crippen LogP contribution is -2.98. The van der Waals surface area contributed by atoms with Crippen LogP contribution in [0.3, 0.4) is 0 Å². The van der Waals surface area contributed by atoms with Crippen molar-refractivity contribution in [2.45, 2.75) is 0 Å². The molecule has 2 aromatic rings. The molecule has 0 radical (unpaired) electrons. The summed E-state index contributed by atoms with van der Waals surface area (Å²) in [5.41, 5.74) is 0.696. The summed E-state index contributed by atoms with van der Waals surface area (Å²) in [5.74, 6) is -1.40. The number of para-hydroxylation sites is 1. The predicted octanol–water partition coefficient (Wildman–Crippen LogP) is 1.57. The number of amides is 1. The van der Waals surface area contributed by atoms with Crippen LogP contribution >= 0.6 is 0 Å². The Hall–Kier alpha value is -2.51. The van der Waals surface area contributed by atoms with E-state index >= 15 is 0 Å². The molecule has 0 aromatic heterocycles. The van der Waals surface area contributed by atoms with Crippen molar-refractivity contribution in [2.75, 3.05) is 38.1 Å². The molecule has 25 heavy (non-hydrogen) atoms. The number of hydrogen-bond donors (Lipinski definition) is 1. The molecule has 7 heteroatoms. The lowest BCUT2D eigenvalue weighted by molar-refractivity contribution is -0.751. The summed E-state index contributed by atoms with van der Waals surface area (Å²) < 4.78 is 27.9. The summed E-state index contributed by atoms with van der Waals surface area (Å²) in [6.45, 7) is 1.63. The Bertz CT molecular complexity index is 775. The Balaban J connectivity index is 1.72. The Morgan fingerprint density at radius 2 is 1.72 bits per heavy atom. The summed E-state index contributed by atoms with van der Waals surface area (Å²) >= 11 is 0. The van der Waals surface area contributed by atoms with Crippen LogP contribution in [0.2, 0.25) is 0 Å². The fourth-order valence-corrected chi connectivity index (χ4v) is 2.94. The zero-order valence-corrected chi connectivity index (χ0v) is 13.8. The zero-order valence-electron chi connectivity index (χ0n) is 13.8. The molecule has 0 bridgehead atoms. The minimum Gasteiger partial charge on any atom is -0.629 e. The maximum atomic E-state index is 14.0. The van der Waals surface area contributed by atoms with E-state index < -0.39 is 11.7 Å². The topological polar surface area (TPSA) is 51.1 Å². The molecule has 1 amide bonds. The van der Waals surface area contributed by atoms with E-state index in [2.05, 4.69) is 0 Å². The number of benzene rings is 2. The minimum absolute atomic E-state index is 0.105. The highest BCUT2D eigenvalue weighted by Gasteiger charge is 2.25. The quantitative estimate of drug-likeness (QED) is 0.858. The van der Waals surface area contributed by atoms with Crippen molar-refractivity contribution in [3.63, 3.8) is 0 Å².